The number of hydroxylamine groups is 2. The standard InChI is InChI=1S/C21H18ClF2N5O4/c22-13-5-6-16(28-11-25-26-27-28)12(10-13)4-7-18(30)17-8-9-33-29(17)21(32)20(31)14-2-1-3-15(23)19(14)24/h1-3,5-6,10-11,17,20,31H,4,7-9H2/t17-,20?/m0/s1. The maximum Gasteiger partial charge on any atom is 0.280 e. The van der Waals surface area contributed by atoms with Gasteiger partial charge in [-0.3, -0.25) is 14.4 Å². The summed E-state index contributed by atoms with van der Waals surface area (Å²) in [6.45, 7) is 0.0630. The SMILES string of the molecule is O=C(CCc1cc(Cl)ccc1-n1cnnn1)[C@@H]1CCON1C(=O)C(O)c1cccc(F)c1F. The van der Waals surface area contributed by atoms with Crippen molar-refractivity contribution < 1.29 is 28.3 Å². The number of hydrogen-bond acceptors (Lipinski definition) is 7. The molecule has 0 bridgehead atoms. The highest BCUT2D eigenvalue weighted by Crippen LogP contribution is 2.27. The van der Waals surface area contributed by atoms with Crippen LogP contribution in [0.5, 0.6) is 0 Å². The molecule has 12 heteroatoms. The van der Waals surface area contributed by atoms with Gasteiger partial charge in [0.05, 0.1) is 12.3 Å². The van der Waals surface area contributed by atoms with E-state index in [-0.39, 0.29) is 31.7 Å². The number of aliphatic hydroxyl groups excluding tert-OH is 1. The normalized spacial score (nSPS) is 16.7. The van der Waals surface area contributed by atoms with Crippen molar-refractivity contribution in [3.05, 3.63) is 70.5 Å². The van der Waals surface area contributed by atoms with E-state index in [1.807, 2.05) is 0 Å². The minimum absolute atomic E-state index is 0.0255. The van der Waals surface area contributed by atoms with Crippen LogP contribution in [-0.2, 0) is 20.8 Å². The molecule has 9 nitrogen and oxygen atoms in total. The summed E-state index contributed by atoms with van der Waals surface area (Å²) in [7, 11) is 0. The number of carbonyl (C=O) groups excluding carboxylic acids is 2. The van der Waals surface area contributed by atoms with Crippen molar-refractivity contribution in [3.63, 3.8) is 0 Å². The fourth-order valence-electron chi connectivity index (χ4n) is 3.64. The molecule has 2 atom stereocenters. The van der Waals surface area contributed by atoms with E-state index in [2.05, 4.69) is 15.5 Å². The molecular formula is C21H18ClF2N5O4. The number of Topliss-reactive ketones (excluding diaryl/α,β-unsaturated/α-hetero) is 1. The molecule has 3 aromatic rings. The first-order valence-electron chi connectivity index (χ1n) is 9.99. The van der Waals surface area contributed by atoms with E-state index >= 15 is 0 Å². The van der Waals surface area contributed by atoms with Gasteiger partial charge in [0, 0.05) is 23.4 Å². The van der Waals surface area contributed by atoms with Crippen molar-refractivity contribution in [2.75, 3.05) is 6.61 Å². The van der Waals surface area contributed by atoms with Crippen molar-refractivity contribution in [2.24, 2.45) is 0 Å². The fourth-order valence-corrected chi connectivity index (χ4v) is 3.83. The first-order valence-corrected chi connectivity index (χ1v) is 10.4. The van der Waals surface area contributed by atoms with Crippen molar-refractivity contribution in [3.8, 4) is 5.69 Å². The Hall–Kier alpha value is -3.28. The molecule has 1 N–H and O–H groups in total. The lowest BCUT2D eigenvalue weighted by atomic mass is 10.00. The minimum Gasteiger partial charge on any atom is -0.378 e. The molecule has 0 radical (unpaired) electrons. The van der Waals surface area contributed by atoms with Crippen molar-refractivity contribution in [1.82, 2.24) is 25.3 Å². The van der Waals surface area contributed by atoms with Gasteiger partial charge in [0.15, 0.2) is 23.5 Å². The number of carbonyl (C=O) groups is 2. The molecule has 1 amide bonds. The third-order valence-corrected chi connectivity index (χ3v) is 5.52. The number of aromatic nitrogens is 4. The highest BCUT2D eigenvalue weighted by Gasteiger charge is 2.39. The molecule has 0 saturated carbocycles. The van der Waals surface area contributed by atoms with Crippen LogP contribution in [-0.4, -0.2) is 54.7 Å². The van der Waals surface area contributed by atoms with E-state index in [1.165, 1.54) is 17.1 Å². The third-order valence-electron chi connectivity index (χ3n) is 5.28. The summed E-state index contributed by atoms with van der Waals surface area (Å²) in [5.74, 6) is -3.91. The predicted octanol–water partition coefficient (Wildman–Crippen LogP) is 2.36. The molecule has 0 aliphatic carbocycles. The largest absolute Gasteiger partial charge is 0.378 e. The van der Waals surface area contributed by atoms with Crippen LogP contribution >= 0.6 is 11.6 Å². The lowest BCUT2D eigenvalue weighted by Crippen LogP contribution is -2.42. The van der Waals surface area contributed by atoms with Crippen LogP contribution in [0.3, 0.4) is 0 Å². The lowest BCUT2D eigenvalue weighted by Gasteiger charge is -2.24. The molecule has 172 valence electrons. The van der Waals surface area contributed by atoms with Gasteiger partial charge in [0.2, 0.25) is 0 Å². The average molecular weight is 478 g/mol. The molecule has 1 aliphatic heterocycles. The second-order valence-electron chi connectivity index (χ2n) is 7.34. The van der Waals surface area contributed by atoms with Gasteiger partial charge in [-0.25, -0.2) is 18.5 Å². The third kappa shape index (κ3) is 4.75. The van der Waals surface area contributed by atoms with Gasteiger partial charge in [0.25, 0.3) is 5.91 Å². The number of hydrogen-bond donors (Lipinski definition) is 1. The van der Waals surface area contributed by atoms with Gasteiger partial charge in [0.1, 0.15) is 12.4 Å². The van der Waals surface area contributed by atoms with Crippen LogP contribution in [0.1, 0.15) is 30.1 Å². The van der Waals surface area contributed by atoms with E-state index < -0.39 is 35.3 Å². The molecule has 1 aliphatic rings. The summed E-state index contributed by atoms with van der Waals surface area (Å²) < 4.78 is 28.9. The Kier molecular flexibility index (Phi) is 6.72. The van der Waals surface area contributed by atoms with Crippen molar-refractivity contribution in [1.29, 1.82) is 0 Å². The summed E-state index contributed by atoms with van der Waals surface area (Å²) in [4.78, 5) is 30.9. The number of halogens is 3. The van der Waals surface area contributed by atoms with Gasteiger partial charge in [-0.15, -0.1) is 5.10 Å². The zero-order chi connectivity index (χ0) is 23.5. The Morgan fingerprint density at radius 1 is 1.27 bits per heavy atom. The van der Waals surface area contributed by atoms with E-state index in [1.54, 1.807) is 18.2 Å². The van der Waals surface area contributed by atoms with E-state index in [9.17, 15) is 23.5 Å². The zero-order valence-corrected chi connectivity index (χ0v) is 17.8. The maximum absolute atomic E-state index is 14.0. The van der Waals surface area contributed by atoms with Gasteiger partial charge in [-0.1, -0.05) is 23.7 Å². The Bertz CT molecular complexity index is 1180. The van der Waals surface area contributed by atoms with Crippen LogP contribution in [0.15, 0.2) is 42.7 Å². The monoisotopic (exact) mass is 477 g/mol. The first kappa shape index (κ1) is 22.9. The number of rotatable bonds is 7. The van der Waals surface area contributed by atoms with Gasteiger partial charge >= 0.3 is 0 Å². The highest BCUT2D eigenvalue weighted by molar-refractivity contribution is 6.30. The summed E-state index contributed by atoms with van der Waals surface area (Å²) in [6, 6.07) is 7.24. The molecule has 33 heavy (non-hydrogen) atoms. The molecule has 4 rings (SSSR count). The Labute approximate surface area is 191 Å². The molecule has 2 aromatic carbocycles. The summed E-state index contributed by atoms with van der Waals surface area (Å²) in [6.07, 6.45) is -0.106. The Balaban J connectivity index is 1.47. The molecule has 1 aromatic heterocycles. The number of amides is 1. The van der Waals surface area contributed by atoms with E-state index in [4.69, 9.17) is 16.4 Å². The number of aryl methyl sites for hydroxylation is 1. The second kappa shape index (κ2) is 9.69. The van der Waals surface area contributed by atoms with Crippen LogP contribution < -0.4 is 0 Å². The van der Waals surface area contributed by atoms with Gasteiger partial charge < -0.3 is 5.11 Å². The second-order valence-corrected chi connectivity index (χ2v) is 7.78. The minimum atomic E-state index is -2.02. The van der Waals surface area contributed by atoms with Crippen LogP contribution in [0.4, 0.5) is 8.78 Å². The Morgan fingerprint density at radius 3 is 2.85 bits per heavy atom. The first-order chi connectivity index (χ1) is 15.9. The molecule has 2 heterocycles. The van der Waals surface area contributed by atoms with Crippen molar-refractivity contribution in [2.45, 2.75) is 31.4 Å². The zero-order valence-electron chi connectivity index (χ0n) is 17.1. The number of tetrazole rings is 1. The number of aliphatic hydroxyl groups is 1. The number of ketones is 1. The van der Waals surface area contributed by atoms with Gasteiger partial charge in [-0.05, 0) is 46.7 Å². The lowest BCUT2D eigenvalue weighted by molar-refractivity contribution is -0.187. The maximum atomic E-state index is 14.0. The van der Waals surface area contributed by atoms with Crippen LogP contribution in [0.25, 0.3) is 5.69 Å². The topological polar surface area (TPSA) is 110 Å². The summed E-state index contributed by atoms with van der Waals surface area (Å²) >= 11 is 6.10. The average Bonchev–Trinajstić information content (AvgIpc) is 3.51. The summed E-state index contributed by atoms with van der Waals surface area (Å²) in [5, 5.41) is 22.6. The van der Waals surface area contributed by atoms with Crippen molar-refractivity contribution >= 4 is 23.3 Å². The Morgan fingerprint density at radius 2 is 2.09 bits per heavy atom. The molecular weight excluding hydrogens is 460 g/mol. The predicted molar refractivity (Wildman–Crippen MR) is 110 cm³/mol. The van der Waals surface area contributed by atoms with Gasteiger partial charge in [-0.2, -0.15) is 0 Å². The highest BCUT2D eigenvalue weighted by atomic mass is 35.5. The fraction of sp³-hybridized carbons (Fsp3) is 0.286. The van der Waals surface area contributed by atoms with E-state index in [0.717, 1.165) is 17.2 Å². The smallest absolute Gasteiger partial charge is 0.280 e. The van der Waals surface area contributed by atoms with Crippen LogP contribution in [0, 0.1) is 11.6 Å². The number of nitrogens with zero attached hydrogens (tertiary/aromatic N) is 5. The molecule has 1 saturated heterocycles. The quantitative estimate of drug-likeness (QED) is 0.556. The molecule has 1 unspecified atom stereocenters. The number of benzene rings is 2. The van der Waals surface area contributed by atoms with E-state index in [0.29, 0.717) is 16.3 Å². The molecule has 1 fully saturated rings. The summed E-state index contributed by atoms with van der Waals surface area (Å²) in [5.41, 5.74) is 0.818. The molecule has 0 spiro atoms. The van der Waals surface area contributed by atoms with Crippen LogP contribution in [0.2, 0.25) is 5.02 Å².